The number of carbonyl (C=O) groups is 1. The van der Waals surface area contributed by atoms with Gasteiger partial charge in [0.25, 0.3) is 0 Å². The van der Waals surface area contributed by atoms with Crippen molar-refractivity contribution in [1.29, 1.82) is 0 Å². The summed E-state index contributed by atoms with van der Waals surface area (Å²) in [7, 11) is 0. The monoisotopic (exact) mass is 206 g/mol. The number of carbonyl (C=O) groups excluding carboxylic acids is 1. The van der Waals surface area contributed by atoms with Crippen LogP contribution in [0, 0.1) is 6.92 Å². The van der Waals surface area contributed by atoms with Crippen molar-refractivity contribution < 1.29 is 4.79 Å². The molecule has 0 spiro atoms. The van der Waals surface area contributed by atoms with Crippen LogP contribution in [0.1, 0.15) is 25.3 Å². The van der Waals surface area contributed by atoms with Crippen LogP contribution in [0.15, 0.2) is 24.3 Å². The van der Waals surface area contributed by atoms with Crippen LogP contribution in [-0.4, -0.2) is 11.9 Å². The Morgan fingerprint density at radius 2 is 2.27 bits per heavy atom. The van der Waals surface area contributed by atoms with Gasteiger partial charge in [-0.2, -0.15) is 0 Å². The summed E-state index contributed by atoms with van der Waals surface area (Å²) in [5.74, 6) is -0.109. The van der Waals surface area contributed by atoms with E-state index in [9.17, 15) is 4.79 Å². The number of amides is 1. The number of anilines is 1. The predicted molar refractivity (Wildman–Crippen MR) is 62.7 cm³/mol. The van der Waals surface area contributed by atoms with Gasteiger partial charge in [-0.15, -0.1) is 0 Å². The van der Waals surface area contributed by atoms with Gasteiger partial charge in [0.1, 0.15) is 0 Å². The Morgan fingerprint density at radius 3 is 2.87 bits per heavy atom. The second-order valence-corrected chi connectivity index (χ2v) is 3.75. The van der Waals surface area contributed by atoms with Crippen LogP contribution < -0.4 is 11.1 Å². The fourth-order valence-electron chi connectivity index (χ4n) is 1.40. The Kier molecular flexibility index (Phi) is 4.31. The summed E-state index contributed by atoms with van der Waals surface area (Å²) in [4.78, 5) is 11.6. The molecular formula is C12H18N2O. The summed E-state index contributed by atoms with van der Waals surface area (Å²) >= 11 is 0. The standard InChI is InChI=1S/C12H18N2O/c1-3-5-11(13)12(15)14-10-7-4-6-9(2)8-10/h4,6-8,11H,3,5,13H2,1-2H3,(H,14,15). The highest BCUT2D eigenvalue weighted by molar-refractivity contribution is 5.94. The van der Waals surface area contributed by atoms with Gasteiger partial charge in [0.2, 0.25) is 5.91 Å². The van der Waals surface area contributed by atoms with E-state index in [4.69, 9.17) is 5.73 Å². The van der Waals surface area contributed by atoms with Gasteiger partial charge in [-0.05, 0) is 31.0 Å². The highest BCUT2D eigenvalue weighted by Gasteiger charge is 2.11. The van der Waals surface area contributed by atoms with Crippen LogP contribution in [0.25, 0.3) is 0 Å². The first-order valence-corrected chi connectivity index (χ1v) is 5.26. The first-order valence-electron chi connectivity index (χ1n) is 5.26. The largest absolute Gasteiger partial charge is 0.325 e. The molecular weight excluding hydrogens is 188 g/mol. The van der Waals surface area contributed by atoms with Crippen molar-refractivity contribution in [2.75, 3.05) is 5.32 Å². The van der Waals surface area contributed by atoms with E-state index in [-0.39, 0.29) is 5.91 Å². The summed E-state index contributed by atoms with van der Waals surface area (Å²) in [6.45, 7) is 4.00. The summed E-state index contributed by atoms with van der Waals surface area (Å²) in [6.07, 6.45) is 1.64. The Labute approximate surface area is 90.7 Å². The highest BCUT2D eigenvalue weighted by atomic mass is 16.2. The number of aryl methyl sites for hydroxylation is 1. The Balaban J connectivity index is 2.58. The zero-order valence-corrected chi connectivity index (χ0v) is 9.29. The van der Waals surface area contributed by atoms with Crippen molar-refractivity contribution >= 4 is 11.6 Å². The van der Waals surface area contributed by atoms with Crippen molar-refractivity contribution in [2.45, 2.75) is 32.7 Å². The summed E-state index contributed by atoms with van der Waals surface area (Å²) < 4.78 is 0. The molecule has 15 heavy (non-hydrogen) atoms. The lowest BCUT2D eigenvalue weighted by molar-refractivity contribution is -0.117. The predicted octanol–water partition coefficient (Wildman–Crippen LogP) is 2.06. The zero-order chi connectivity index (χ0) is 11.3. The number of nitrogens with one attached hydrogen (secondary N) is 1. The lowest BCUT2D eigenvalue weighted by atomic mass is 10.1. The number of benzene rings is 1. The molecule has 82 valence electrons. The van der Waals surface area contributed by atoms with Crippen molar-refractivity contribution in [1.82, 2.24) is 0 Å². The molecule has 0 saturated heterocycles. The van der Waals surface area contributed by atoms with E-state index in [1.165, 1.54) is 0 Å². The SMILES string of the molecule is CCCC(N)C(=O)Nc1cccc(C)c1. The summed E-state index contributed by atoms with van der Waals surface area (Å²) in [5, 5.41) is 2.80. The van der Waals surface area contributed by atoms with E-state index >= 15 is 0 Å². The lowest BCUT2D eigenvalue weighted by Gasteiger charge is -2.11. The minimum atomic E-state index is -0.407. The molecule has 3 N–H and O–H groups in total. The molecule has 0 aliphatic heterocycles. The topological polar surface area (TPSA) is 55.1 Å². The Morgan fingerprint density at radius 1 is 1.53 bits per heavy atom. The van der Waals surface area contributed by atoms with Crippen LogP contribution in [0.4, 0.5) is 5.69 Å². The maximum atomic E-state index is 11.6. The Hall–Kier alpha value is -1.35. The lowest BCUT2D eigenvalue weighted by Crippen LogP contribution is -2.35. The molecule has 1 rings (SSSR count). The van der Waals surface area contributed by atoms with Gasteiger partial charge in [0.05, 0.1) is 6.04 Å². The van der Waals surface area contributed by atoms with Gasteiger partial charge in [0, 0.05) is 5.69 Å². The average molecular weight is 206 g/mol. The molecule has 0 saturated carbocycles. The Bertz CT molecular complexity index is 336. The summed E-state index contributed by atoms with van der Waals surface area (Å²) in [5.41, 5.74) is 7.64. The van der Waals surface area contributed by atoms with Gasteiger partial charge in [-0.25, -0.2) is 0 Å². The number of hydrogen-bond donors (Lipinski definition) is 2. The maximum Gasteiger partial charge on any atom is 0.241 e. The fourth-order valence-corrected chi connectivity index (χ4v) is 1.40. The molecule has 3 heteroatoms. The molecule has 1 aromatic carbocycles. The molecule has 0 heterocycles. The molecule has 1 atom stereocenters. The van der Waals surface area contributed by atoms with Gasteiger partial charge in [0.15, 0.2) is 0 Å². The zero-order valence-electron chi connectivity index (χ0n) is 9.29. The molecule has 0 bridgehead atoms. The van der Waals surface area contributed by atoms with Crippen LogP contribution in [0.5, 0.6) is 0 Å². The van der Waals surface area contributed by atoms with Gasteiger partial charge >= 0.3 is 0 Å². The molecule has 1 amide bonds. The van der Waals surface area contributed by atoms with Gasteiger partial charge in [-0.1, -0.05) is 25.5 Å². The second kappa shape index (κ2) is 5.51. The van der Waals surface area contributed by atoms with E-state index < -0.39 is 6.04 Å². The highest BCUT2D eigenvalue weighted by Crippen LogP contribution is 2.10. The van der Waals surface area contributed by atoms with Crippen LogP contribution in [-0.2, 0) is 4.79 Å². The minimum Gasteiger partial charge on any atom is -0.325 e. The number of hydrogen-bond acceptors (Lipinski definition) is 2. The average Bonchev–Trinajstić information content (AvgIpc) is 2.18. The van der Waals surface area contributed by atoms with Crippen LogP contribution in [0.3, 0.4) is 0 Å². The minimum absolute atomic E-state index is 0.109. The van der Waals surface area contributed by atoms with Crippen molar-refractivity contribution in [3.63, 3.8) is 0 Å². The van der Waals surface area contributed by atoms with Gasteiger partial charge < -0.3 is 11.1 Å². The van der Waals surface area contributed by atoms with Crippen molar-refractivity contribution in [3.8, 4) is 0 Å². The van der Waals surface area contributed by atoms with E-state index in [2.05, 4.69) is 5.32 Å². The maximum absolute atomic E-state index is 11.6. The number of nitrogens with two attached hydrogens (primary N) is 1. The molecule has 0 aliphatic carbocycles. The first-order chi connectivity index (χ1) is 7.13. The third-order valence-corrected chi connectivity index (χ3v) is 2.22. The molecule has 0 radical (unpaired) electrons. The first kappa shape index (κ1) is 11.7. The fraction of sp³-hybridized carbons (Fsp3) is 0.417. The molecule has 1 aromatic rings. The van der Waals surface area contributed by atoms with Crippen molar-refractivity contribution in [2.24, 2.45) is 5.73 Å². The quantitative estimate of drug-likeness (QED) is 0.792. The molecule has 3 nitrogen and oxygen atoms in total. The second-order valence-electron chi connectivity index (χ2n) is 3.75. The van der Waals surface area contributed by atoms with E-state index in [0.717, 1.165) is 24.1 Å². The van der Waals surface area contributed by atoms with E-state index in [1.807, 2.05) is 38.1 Å². The van der Waals surface area contributed by atoms with Crippen LogP contribution in [0.2, 0.25) is 0 Å². The normalized spacial score (nSPS) is 12.2. The summed E-state index contributed by atoms with van der Waals surface area (Å²) in [6, 6.07) is 7.29. The molecule has 0 fully saturated rings. The third-order valence-electron chi connectivity index (χ3n) is 2.22. The van der Waals surface area contributed by atoms with Crippen LogP contribution >= 0.6 is 0 Å². The molecule has 0 aliphatic rings. The van der Waals surface area contributed by atoms with E-state index in [0.29, 0.717) is 0 Å². The van der Waals surface area contributed by atoms with Gasteiger partial charge in [-0.3, -0.25) is 4.79 Å². The smallest absolute Gasteiger partial charge is 0.241 e. The number of rotatable bonds is 4. The van der Waals surface area contributed by atoms with E-state index in [1.54, 1.807) is 0 Å². The molecule has 1 unspecified atom stereocenters. The third kappa shape index (κ3) is 3.72. The molecule has 0 aromatic heterocycles. The van der Waals surface area contributed by atoms with Crippen molar-refractivity contribution in [3.05, 3.63) is 29.8 Å².